The molecule has 0 fully saturated rings. The van der Waals surface area contributed by atoms with Gasteiger partial charge in [0.2, 0.25) is 11.7 Å². The third kappa shape index (κ3) is 3.39. The molecule has 5 heteroatoms. The van der Waals surface area contributed by atoms with E-state index < -0.39 is 0 Å². The first-order valence-corrected chi connectivity index (χ1v) is 6.67. The summed E-state index contributed by atoms with van der Waals surface area (Å²) in [7, 11) is 0. The van der Waals surface area contributed by atoms with E-state index in [0.717, 1.165) is 11.3 Å². The minimum absolute atomic E-state index is 0.489. The van der Waals surface area contributed by atoms with Crippen LogP contribution in [0, 0.1) is 0 Å². The molecule has 3 rings (SSSR count). The Morgan fingerprint density at radius 2 is 1.90 bits per heavy atom. The molecule has 0 aliphatic rings. The molecule has 0 bridgehead atoms. The maximum Gasteiger partial charge on any atom is 0.230 e. The molecule has 0 spiro atoms. The number of ether oxygens (including phenoxy) is 1. The molecule has 1 aromatic heterocycles. The normalized spacial score (nSPS) is 10.5. The van der Waals surface area contributed by atoms with Crippen molar-refractivity contribution in [2.75, 3.05) is 12.3 Å². The molecule has 0 radical (unpaired) electrons. The fourth-order valence-corrected chi connectivity index (χ4v) is 1.92. The lowest BCUT2D eigenvalue weighted by molar-refractivity contribution is 0.292. The second-order valence-corrected chi connectivity index (χ2v) is 4.55. The number of hydrogen-bond acceptors (Lipinski definition) is 5. The van der Waals surface area contributed by atoms with Crippen LogP contribution in [-0.4, -0.2) is 16.7 Å². The highest BCUT2D eigenvalue weighted by atomic mass is 16.5. The zero-order valence-electron chi connectivity index (χ0n) is 11.4. The summed E-state index contributed by atoms with van der Waals surface area (Å²) in [5, 5.41) is 3.96. The first kappa shape index (κ1) is 13.2. The molecule has 0 aliphatic heterocycles. The van der Waals surface area contributed by atoms with Gasteiger partial charge in [-0.1, -0.05) is 35.5 Å². The summed E-state index contributed by atoms with van der Waals surface area (Å²) in [5.74, 6) is 1.91. The summed E-state index contributed by atoms with van der Waals surface area (Å²) in [6, 6.07) is 17.0. The lowest BCUT2D eigenvalue weighted by Gasteiger charge is -2.02. The molecule has 1 heterocycles. The number of benzene rings is 2. The maximum absolute atomic E-state index is 5.74. The molecule has 21 heavy (non-hydrogen) atoms. The molecule has 0 amide bonds. The van der Waals surface area contributed by atoms with Gasteiger partial charge in [0, 0.05) is 11.3 Å². The molecule has 3 aromatic rings. The smallest absolute Gasteiger partial charge is 0.230 e. The highest BCUT2D eigenvalue weighted by Crippen LogP contribution is 2.18. The van der Waals surface area contributed by atoms with E-state index in [0.29, 0.717) is 30.4 Å². The van der Waals surface area contributed by atoms with Crippen molar-refractivity contribution in [1.82, 2.24) is 10.1 Å². The molecule has 0 saturated heterocycles. The zero-order chi connectivity index (χ0) is 14.5. The number of anilines is 1. The molecule has 2 N–H and O–H groups in total. The summed E-state index contributed by atoms with van der Waals surface area (Å²) in [5.41, 5.74) is 7.26. The van der Waals surface area contributed by atoms with Crippen molar-refractivity contribution in [2.45, 2.75) is 6.42 Å². The Hall–Kier alpha value is -2.82. The quantitative estimate of drug-likeness (QED) is 0.728. The molecular formula is C16H15N3O2. The fourth-order valence-electron chi connectivity index (χ4n) is 1.92. The van der Waals surface area contributed by atoms with Gasteiger partial charge < -0.3 is 15.0 Å². The Morgan fingerprint density at radius 3 is 2.71 bits per heavy atom. The minimum atomic E-state index is 0.489. The SMILES string of the molecule is Nc1cccc(-c2noc(CCOc3ccccc3)n2)c1. The van der Waals surface area contributed by atoms with E-state index >= 15 is 0 Å². The van der Waals surface area contributed by atoms with Gasteiger partial charge in [-0.15, -0.1) is 0 Å². The van der Waals surface area contributed by atoms with E-state index in [1.54, 1.807) is 0 Å². The molecular weight excluding hydrogens is 266 g/mol. The van der Waals surface area contributed by atoms with Crippen LogP contribution in [0.5, 0.6) is 5.75 Å². The van der Waals surface area contributed by atoms with Gasteiger partial charge in [-0.25, -0.2) is 0 Å². The van der Waals surface area contributed by atoms with Crippen molar-refractivity contribution in [2.24, 2.45) is 0 Å². The van der Waals surface area contributed by atoms with Crippen molar-refractivity contribution in [3.63, 3.8) is 0 Å². The standard InChI is InChI=1S/C16H15N3O2/c17-13-6-4-5-12(11-13)16-18-15(21-19-16)9-10-20-14-7-2-1-3-8-14/h1-8,11H,9-10,17H2. The average Bonchev–Trinajstić information content (AvgIpc) is 2.97. The fraction of sp³-hybridized carbons (Fsp3) is 0.125. The van der Waals surface area contributed by atoms with Crippen LogP contribution in [0.4, 0.5) is 5.69 Å². The van der Waals surface area contributed by atoms with Crippen LogP contribution in [0.3, 0.4) is 0 Å². The average molecular weight is 281 g/mol. The van der Waals surface area contributed by atoms with E-state index in [4.69, 9.17) is 15.0 Å². The van der Waals surface area contributed by atoms with Crippen LogP contribution < -0.4 is 10.5 Å². The van der Waals surface area contributed by atoms with Crippen molar-refractivity contribution >= 4 is 5.69 Å². The Labute approximate surface area is 122 Å². The second kappa shape index (κ2) is 6.09. The van der Waals surface area contributed by atoms with Crippen LogP contribution in [0.1, 0.15) is 5.89 Å². The topological polar surface area (TPSA) is 74.2 Å². The summed E-state index contributed by atoms with van der Waals surface area (Å²) in [4.78, 5) is 4.34. The number of hydrogen-bond donors (Lipinski definition) is 1. The van der Waals surface area contributed by atoms with Crippen molar-refractivity contribution < 1.29 is 9.26 Å². The molecule has 0 atom stereocenters. The lowest BCUT2D eigenvalue weighted by Crippen LogP contribution is -2.01. The van der Waals surface area contributed by atoms with E-state index in [1.807, 2.05) is 54.6 Å². The van der Waals surface area contributed by atoms with E-state index in [1.165, 1.54) is 0 Å². The van der Waals surface area contributed by atoms with Gasteiger partial charge in [-0.05, 0) is 24.3 Å². The Kier molecular flexibility index (Phi) is 3.82. The van der Waals surface area contributed by atoms with Crippen LogP contribution in [-0.2, 0) is 6.42 Å². The molecule has 0 aliphatic carbocycles. The third-order valence-corrected chi connectivity index (χ3v) is 2.94. The Morgan fingerprint density at radius 1 is 1.05 bits per heavy atom. The first-order chi connectivity index (χ1) is 10.3. The Bertz CT molecular complexity index is 710. The monoisotopic (exact) mass is 281 g/mol. The molecule has 106 valence electrons. The predicted molar refractivity (Wildman–Crippen MR) is 79.8 cm³/mol. The lowest BCUT2D eigenvalue weighted by atomic mass is 10.2. The molecule has 2 aromatic carbocycles. The summed E-state index contributed by atoms with van der Waals surface area (Å²) in [6.45, 7) is 0.489. The van der Waals surface area contributed by atoms with Crippen LogP contribution in [0.15, 0.2) is 59.1 Å². The summed E-state index contributed by atoms with van der Waals surface area (Å²) < 4.78 is 10.8. The summed E-state index contributed by atoms with van der Waals surface area (Å²) >= 11 is 0. The molecule has 0 unspecified atom stereocenters. The third-order valence-electron chi connectivity index (χ3n) is 2.94. The van der Waals surface area contributed by atoms with E-state index in [-0.39, 0.29) is 0 Å². The molecule has 0 saturated carbocycles. The maximum atomic E-state index is 5.74. The highest BCUT2D eigenvalue weighted by Gasteiger charge is 2.08. The predicted octanol–water partition coefficient (Wildman–Crippen LogP) is 2.94. The number of para-hydroxylation sites is 1. The largest absolute Gasteiger partial charge is 0.493 e. The van der Waals surface area contributed by atoms with Gasteiger partial charge in [0.05, 0.1) is 13.0 Å². The van der Waals surface area contributed by atoms with Gasteiger partial charge in [0.25, 0.3) is 0 Å². The number of rotatable bonds is 5. The minimum Gasteiger partial charge on any atom is -0.493 e. The van der Waals surface area contributed by atoms with Crippen molar-refractivity contribution in [3.8, 4) is 17.1 Å². The van der Waals surface area contributed by atoms with Crippen molar-refractivity contribution in [3.05, 3.63) is 60.5 Å². The van der Waals surface area contributed by atoms with Crippen LogP contribution in [0.25, 0.3) is 11.4 Å². The van der Waals surface area contributed by atoms with E-state index in [2.05, 4.69) is 10.1 Å². The van der Waals surface area contributed by atoms with Gasteiger partial charge in [0.1, 0.15) is 5.75 Å². The Balaban J connectivity index is 1.60. The first-order valence-electron chi connectivity index (χ1n) is 6.67. The summed E-state index contributed by atoms with van der Waals surface area (Å²) in [6.07, 6.45) is 0.560. The van der Waals surface area contributed by atoms with Gasteiger partial charge >= 0.3 is 0 Å². The van der Waals surface area contributed by atoms with Gasteiger partial charge in [-0.2, -0.15) is 4.98 Å². The highest BCUT2D eigenvalue weighted by molar-refractivity contribution is 5.60. The van der Waals surface area contributed by atoms with Gasteiger partial charge in [-0.3, -0.25) is 0 Å². The van der Waals surface area contributed by atoms with E-state index in [9.17, 15) is 0 Å². The van der Waals surface area contributed by atoms with Crippen LogP contribution in [0.2, 0.25) is 0 Å². The zero-order valence-corrected chi connectivity index (χ0v) is 11.4. The molecule has 5 nitrogen and oxygen atoms in total. The number of nitrogens with zero attached hydrogens (tertiary/aromatic N) is 2. The van der Waals surface area contributed by atoms with Crippen LogP contribution >= 0.6 is 0 Å². The second-order valence-electron chi connectivity index (χ2n) is 4.55. The number of nitrogen functional groups attached to an aromatic ring is 1. The van der Waals surface area contributed by atoms with Gasteiger partial charge in [0.15, 0.2) is 0 Å². The van der Waals surface area contributed by atoms with Crippen molar-refractivity contribution in [1.29, 1.82) is 0 Å². The number of nitrogens with two attached hydrogens (primary N) is 1. The number of aromatic nitrogens is 2.